The molecule has 2 N–H and O–H groups in total. The third-order valence-electron chi connectivity index (χ3n) is 3.18. The van der Waals surface area contributed by atoms with Crippen molar-refractivity contribution in [1.82, 2.24) is 10.3 Å². The van der Waals surface area contributed by atoms with Crippen LogP contribution in [0.1, 0.15) is 34.4 Å². The number of carbonyl (C=O) groups is 2. The van der Waals surface area contributed by atoms with Gasteiger partial charge < -0.3 is 10.4 Å². The van der Waals surface area contributed by atoms with Gasteiger partial charge in [0.2, 0.25) is 0 Å². The Kier molecular flexibility index (Phi) is 6.18. The molecule has 1 aromatic carbocycles. The van der Waals surface area contributed by atoms with Crippen LogP contribution in [-0.4, -0.2) is 28.0 Å². The number of nitrogens with one attached hydrogen (secondary N) is 1. The van der Waals surface area contributed by atoms with E-state index in [1.165, 1.54) is 0 Å². The number of aryl methyl sites for hydroxylation is 1. The first-order valence-corrected chi connectivity index (χ1v) is 9.03. The largest absolute Gasteiger partial charge is 0.480 e. The van der Waals surface area contributed by atoms with E-state index in [0.29, 0.717) is 12.0 Å². The molecule has 0 saturated carbocycles. The fourth-order valence-electron chi connectivity index (χ4n) is 1.91. The van der Waals surface area contributed by atoms with Crippen LogP contribution in [0.3, 0.4) is 0 Å². The van der Waals surface area contributed by atoms with Gasteiger partial charge in [-0.3, -0.25) is 4.79 Å². The number of aliphatic carboxylic acids is 1. The summed E-state index contributed by atoms with van der Waals surface area (Å²) in [5.74, 6) is -0.607. The zero-order valence-electron chi connectivity index (χ0n) is 12.9. The van der Waals surface area contributed by atoms with Crippen LogP contribution in [0.2, 0.25) is 0 Å². The Labute approximate surface area is 143 Å². The minimum absolute atomic E-state index is 0.349. The Hall–Kier alpha value is -1.86. The number of amides is 1. The second-order valence-corrected chi connectivity index (χ2v) is 7.05. The van der Waals surface area contributed by atoms with Crippen molar-refractivity contribution >= 4 is 35.0 Å². The predicted molar refractivity (Wildman–Crippen MR) is 92.0 cm³/mol. The topological polar surface area (TPSA) is 79.3 Å². The molecule has 1 atom stereocenters. The van der Waals surface area contributed by atoms with Gasteiger partial charge in [0, 0.05) is 21.6 Å². The van der Waals surface area contributed by atoms with Crippen LogP contribution in [0, 0.1) is 6.92 Å². The van der Waals surface area contributed by atoms with Crippen LogP contribution in [0.4, 0.5) is 0 Å². The molecule has 122 valence electrons. The van der Waals surface area contributed by atoms with E-state index < -0.39 is 12.0 Å². The summed E-state index contributed by atoms with van der Waals surface area (Å²) in [5, 5.41) is 14.6. The second kappa shape index (κ2) is 8.12. The molecule has 1 unspecified atom stereocenters. The lowest BCUT2D eigenvalue weighted by atomic mass is 10.1. The van der Waals surface area contributed by atoms with E-state index in [0.717, 1.165) is 21.3 Å². The second-order valence-electron chi connectivity index (χ2n) is 4.94. The highest BCUT2D eigenvalue weighted by Gasteiger charge is 2.18. The number of thioether (sulfide) groups is 1. The molecule has 0 aliphatic carbocycles. The summed E-state index contributed by atoms with van der Waals surface area (Å²) in [4.78, 5) is 28.4. The van der Waals surface area contributed by atoms with Crippen molar-refractivity contribution in [2.24, 2.45) is 0 Å². The highest BCUT2D eigenvalue weighted by Crippen LogP contribution is 2.23. The molecule has 0 spiro atoms. The molecule has 23 heavy (non-hydrogen) atoms. The number of rotatable bonds is 7. The summed E-state index contributed by atoms with van der Waals surface area (Å²) >= 11 is 3.28. The van der Waals surface area contributed by atoms with Gasteiger partial charge in [0.1, 0.15) is 6.04 Å². The summed E-state index contributed by atoms with van der Waals surface area (Å²) in [6.45, 7) is 3.70. The van der Waals surface area contributed by atoms with Gasteiger partial charge in [0.05, 0.1) is 10.7 Å². The third-order valence-corrected chi connectivity index (χ3v) is 5.05. The number of hydrogen-bond acceptors (Lipinski definition) is 5. The number of carboxylic acids is 1. The molecule has 0 aliphatic rings. The van der Waals surface area contributed by atoms with Crippen LogP contribution < -0.4 is 5.32 Å². The molecule has 2 aromatic rings. The molecule has 1 heterocycles. The average Bonchev–Trinajstić information content (AvgIpc) is 2.96. The van der Waals surface area contributed by atoms with E-state index in [4.69, 9.17) is 5.11 Å². The lowest BCUT2D eigenvalue weighted by Gasteiger charge is -2.12. The van der Waals surface area contributed by atoms with Crippen molar-refractivity contribution in [3.63, 3.8) is 0 Å². The van der Waals surface area contributed by atoms with Gasteiger partial charge in [-0.15, -0.1) is 23.1 Å². The van der Waals surface area contributed by atoms with Crippen molar-refractivity contribution in [2.45, 2.75) is 37.0 Å². The van der Waals surface area contributed by atoms with Crippen LogP contribution in [-0.2, 0) is 10.5 Å². The van der Waals surface area contributed by atoms with Crippen molar-refractivity contribution in [3.8, 4) is 0 Å². The number of carboxylic acid groups (broad SMARTS) is 1. The average molecular weight is 350 g/mol. The van der Waals surface area contributed by atoms with Gasteiger partial charge in [0.15, 0.2) is 0 Å². The van der Waals surface area contributed by atoms with E-state index >= 15 is 0 Å². The Morgan fingerprint density at radius 2 is 2.04 bits per heavy atom. The van der Waals surface area contributed by atoms with Crippen molar-refractivity contribution in [2.75, 3.05) is 0 Å². The normalized spacial score (nSPS) is 11.9. The summed E-state index contributed by atoms with van der Waals surface area (Å²) in [6.07, 6.45) is 0.349. The summed E-state index contributed by atoms with van der Waals surface area (Å²) in [6, 6.07) is 6.28. The minimum Gasteiger partial charge on any atom is -0.480 e. The van der Waals surface area contributed by atoms with Crippen LogP contribution in [0.15, 0.2) is 34.5 Å². The van der Waals surface area contributed by atoms with Crippen molar-refractivity contribution in [3.05, 3.63) is 45.9 Å². The third kappa shape index (κ3) is 5.07. The maximum Gasteiger partial charge on any atom is 0.326 e. The van der Waals surface area contributed by atoms with Gasteiger partial charge in [-0.25, -0.2) is 9.78 Å². The SMILES string of the molecule is CCC(NC(=O)c1ccc(SCc2csc(C)n2)cc1)C(=O)O. The molecule has 0 fully saturated rings. The predicted octanol–water partition coefficient (Wildman–Crippen LogP) is 3.34. The molecule has 7 heteroatoms. The van der Waals surface area contributed by atoms with E-state index in [1.54, 1.807) is 42.2 Å². The number of nitrogens with zero attached hydrogens (tertiary/aromatic N) is 1. The lowest BCUT2D eigenvalue weighted by molar-refractivity contribution is -0.139. The monoisotopic (exact) mass is 350 g/mol. The fourth-order valence-corrected chi connectivity index (χ4v) is 3.42. The molecule has 5 nitrogen and oxygen atoms in total. The Morgan fingerprint density at radius 1 is 1.35 bits per heavy atom. The smallest absolute Gasteiger partial charge is 0.326 e. The highest BCUT2D eigenvalue weighted by molar-refractivity contribution is 7.98. The number of carbonyl (C=O) groups excluding carboxylic acids is 1. The van der Waals surface area contributed by atoms with Crippen LogP contribution in [0.5, 0.6) is 0 Å². The molecule has 1 amide bonds. The van der Waals surface area contributed by atoms with Crippen molar-refractivity contribution < 1.29 is 14.7 Å². The number of hydrogen-bond donors (Lipinski definition) is 2. The Balaban J connectivity index is 1.93. The van der Waals surface area contributed by atoms with E-state index in [-0.39, 0.29) is 5.91 Å². The zero-order chi connectivity index (χ0) is 16.8. The van der Waals surface area contributed by atoms with Crippen LogP contribution in [0.25, 0.3) is 0 Å². The molecule has 2 rings (SSSR count). The quantitative estimate of drug-likeness (QED) is 0.749. The zero-order valence-corrected chi connectivity index (χ0v) is 14.5. The van der Waals surface area contributed by atoms with Gasteiger partial charge in [-0.1, -0.05) is 6.92 Å². The maximum atomic E-state index is 12.0. The molecule has 0 saturated heterocycles. The first-order chi connectivity index (χ1) is 11.0. The Morgan fingerprint density at radius 3 is 2.57 bits per heavy atom. The minimum atomic E-state index is -1.02. The number of thiazole rings is 1. The molecule has 1 aromatic heterocycles. The number of aromatic nitrogens is 1. The molecular weight excluding hydrogens is 332 g/mol. The van der Waals surface area contributed by atoms with Gasteiger partial charge in [-0.05, 0) is 37.6 Å². The molecule has 0 bridgehead atoms. The van der Waals surface area contributed by atoms with E-state index in [2.05, 4.69) is 10.3 Å². The fraction of sp³-hybridized carbons (Fsp3) is 0.312. The maximum absolute atomic E-state index is 12.0. The highest BCUT2D eigenvalue weighted by atomic mass is 32.2. The molecular formula is C16H18N2O3S2. The lowest BCUT2D eigenvalue weighted by Crippen LogP contribution is -2.40. The first kappa shape index (κ1) is 17.5. The van der Waals surface area contributed by atoms with E-state index in [1.807, 2.05) is 24.4 Å². The number of benzene rings is 1. The summed E-state index contributed by atoms with van der Waals surface area (Å²) in [5.41, 5.74) is 1.50. The first-order valence-electron chi connectivity index (χ1n) is 7.17. The summed E-state index contributed by atoms with van der Waals surface area (Å²) in [7, 11) is 0. The van der Waals surface area contributed by atoms with E-state index in [9.17, 15) is 9.59 Å². The van der Waals surface area contributed by atoms with Gasteiger partial charge in [0.25, 0.3) is 5.91 Å². The standard InChI is InChI=1S/C16H18N2O3S2/c1-3-14(16(20)21)18-15(19)11-4-6-13(7-5-11)23-9-12-8-22-10(2)17-12/h4-8,14H,3,9H2,1-2H3,(H,18,19)(H,20,21). The van der Waals surface area contributed by atoms with Gasteiger partial charge >= 0.3 is 5.97 Å². The summed E-state index contributed by atoms with van der Waals surface area (Å²) < 4.78 is 0. The van der Waals surface area contributed by atoms with Crippen LogP contribution >= 0.6 is 23.1 Å². The van der Waals surface area contributed by atoms with Gasteiger partial charge in [-0.2, -0.15) is 0 Å². The molecule has 0 radical (unpaired) electrons. The molecule has 0 aliphatic heterocycles. The Bertz CT molecular complexity index is 683. The van der Waals surface area contributed by atoms with Crippen molar-refractivity contribution in [1.29, 1.82) is 0 Å².